The van der Waals surface area contributed by atoms with Crippen molar-refractivity contribution in [3.63, 3.8) is 0 Å². The van der Waals surface area contributed by atoms with Crippen LogP contribution in [0.25, 0.3) is 10.9 Å². The van der Waals surface area contributed by atoms with Gasteiger partial charge in [0.1, 0.15) is 6.54 Å². The van der Waals surface area contributed by atoms with Gasteiger partial charge in [-0.15, -0.1) is 10.2 Å². The van der Waals surface area contributed by atoms with E-state index in [0.717, 1.165) is 23.7 Å². The first-order valence-electron chi connectivity index (χ1n) is 7.38. The van der Waals surface area contributed by atoms with Crippen molar-refractivity contribution in [2.45, 2.75) is 25.4 Å². The van der Waals surface area contributed by atoms with Crippen LogP contribution in [0.15, 0.2) is 36.5 Å². The number of carbonyl (C=O) groups excluding carboxylic acids is 1. The van der Waals surface area contributed by atoms with Crippen LogP contribution in [-0.4, -0.2) is 31.1 Å². The predicted octanol–water partition coefficient (Wildman–Crippen LogP) is 1.42. The minimum absolute atomic E-state index is 0.0388. The Hall–Kier alpha value is -2.70. The van der Waals surface area contributed by atoms with Crippen molar-refractivity contribution >= 4 is 16.8 Å². The van der Waals surface area contributed by atoms with Gasteiger partial charge < -0.3 is 9.88 Å². The molecule has 0 spiro atoms. The van der Waals surface area contributed by atoms with E-state index in [1.54, 1.807) is 0 Å². The fourth-order valence-electron chi connectivity index (χ4n) is 2.78. The van der Waals surface area contributed by atoms with E-state index in [1.165, 1.54) is 0 Å². The molecule has 1 fully saturated rings. The number of para-hydroxylation sites is 1. The van der Waals surface area contributed by atoms with Gasteiger partial charge in [-0.3, -0.25) is 4.79 Å². The SMILES string of the molecule is O=C(Cn1ccc2ccccc21)NC(c1nn[nH]n1)C1CC1. The Morgan fingerprint density at radius 3 is 3.00 bits per heavy atom. The number of aromatic amines is 1. The summed E-state index contributed by atoms with van der Waals surface area (Å²) in [5, 5.41) is 18.2. The predicted molar refractivity (Wildman–Crippen MR) is 79.7 cm³/mol. The summed E-state index contributed by atoms with van der Waals surface area (Å²) < 4.78 is 1.95. The van der Waals surface area contributed by atoms with E-state index in [1.807, 2.05) is 41.1 Å². The zero-order chi connectivity index (χ0) is 14.9. The number of amides is 1. The Labute approximate surface area is 126 Å². The van der Waals surface area contributed by atoms with E-state index in [0.29, 0.717) is 11.7 Å². The molecule has 3 aromatic rings. The van der Waals surface area contributed by atoms with Crippen LogP contribution in [-0.2, 0) is 11.3 Å². The van der Waals surface area contributed by atoms with Crippen molar-refractivity contribution in [3.8, 4) is 0 Å². The van der Waals surface area contributed by atoms with E-state index in [4.69, 9.17) is 0 Å². The van der Waals surface area contributed by atoms with Gasteiger partial charge in [0.25, 0.3) is 0 Å². The molecule has 2 N–H and O–H groups in total. The number of nitrogens with zero attached hydrogens (tertiary/aromatic N) is 4. The van der Waals surface area contributed by atoms with Crippen molar-refractivity contribution in [1.82, 2.24) is 30.5 Å². The standard InChI is InChI=1S/C15H16N6O/c22-13(9-21-8-7-10-3-1-2-4-12(10)21)16-14(11-5-6-11)15-17-19-20-18-15/h1-4,7-8,11,14H,5-6,9H2,(H,16,22)(H,17,18,19,20). The maximum atomic E-state index is 12.4. The van der Waals surface area contributed by atoms with Crippen LogP contribution in [0.2, 0.25) is 0 Å². The zero-order valence-electron chi connectivity index (χ0n) is 11.9. The summed E-state index contributed by atoms with van der Waals surface area (Å²) in [5.74, 6) is 0.944. The van der Waals surface area contributed by atoms with Crippen molar-refractivity contribution in [3.05, 3.63) is 42.4 Å². The Kier molecular flexibility index (Phi) is 3.10. The minimum atomic E-state index is -0.145. The molecule has 1 aromatic carbocycles. The number of aromatic nitrogens is 5. The lowest BCUT2D eigenvalue weighted by Crippen LogP contribution is -2.33. The molecule has 0 radical (unpaired) electrons. The molecule has 1 aliphatic carbocycles. The second-order valence-electron chi connectivity index (χ2n) is 5.66. The molecule has 1 atom stereocenters. The van der Waals surface area contributed by atoms with Gasteiger partial charge in [0.2, 0.25) is 5.91 Å². The van der Waals surface area contributed by atoms with E-state index >= 15 is 0 Å². The van der Waals surface area contributed by atoms with Crippen LogP contribution < -0.4 is 5.32 Å². The number of benzene rings is 1. The maximum absolute atomic E-state index is 12.4. The highest BCUT2D eigenvalue weighted by atomic mass is 16.2. The normalized spacial score (nSPS) is 15.8. The number of H-pyrrole nitrogens is 1. The molecule has 1 unspecified atom stereocenters. The summed E-state index contributed by atoms with van der Waals surface area (Å²) in [6, 6.07) is 9.89. The van der Waals surface area contributed by atoms with Crippen molar-refractivity contribution in [1.29, 1.82) is 0 Å². The fraction of sp³-hybridized carbons (Fsp3) is 0.333. The second kappa shape index (κ2) is 5.25. The smallest absolute Gasteiger partial charge is 0.240 e. The highest BCUT2D eigenvalue weighted by Gasteiger charge is 2.36. The van der Waals surface area contributed by atoms with Gasteiger partial charge in [-0.1, -0.05) is 23.4 Å². The number of hydrogen-bond acceptors (Lipinski definition) is 4. The highest BCUT2D eigenvalue weighted by molar-refractivity contribution is 5.83. The van der Waals surface area contributed by atoms with Crippen molar-refractivity contribution in [2.75, 3.05) is 0 Å². The third-order valence-electron chi connectivity index (χ3n) is 4.04. The number of tetrazole rings is 1. The first-order chi connectivity index (χ1) is 10.8. The zero-order valence-corrected chi connectivity index (χ0v) is 11.9. The number of carbonyl (C=O) groups is 1. The maximum Gasteiger partial charge on any atom is 0.240 e. The molecule has 7 heteroatoms. The average Bonchev–Trinajstić information content (AvgIpc) is 3.07. The Morgan fingerprint density at radius 2 is 2.23 bits per heavy atom. The molecular weight excluding hydrogens is 280 g/mol. The summed E-state index contributed by atoms with van der Waals surface area (Å²) in [4.78, 5) is 12.4. The van der Waals surface area contributed by atoms with E-state index in [2.05, 4.69) is 25.9 Å². The van der Waals surface area contributed by atoms with Crippen LogP contribution in [0.3, 0.4) is 0 Å². The number of fused-ring (bicyclic) bond motifs is 1. The topological polar surface area (TPSA) is 88.5 Å². The van der Waals surface area contributed by atoms with Crippen LogP contribution in [0.4, 0.5) is 0 Å². The lowest BCUT2D eigenvalue weighted by Gasteiger charge is -2.15. The molecule has 2 heterocycles. The lowest BCUT2D eigenvalue weighted by molar-refractivity contribution is -0.122. The molecule has 112 valence electrons. The number of hydrogen-bond donors (Lipinski definition) is 2. The molecule has 1 amide bonds. The van der Waals surface area contributed by atoms with Gasteiger partial charge in [0.05, 0.1) is 6.04 Å². The fourth-order valence-corrected chi connectivity index (χ4v) is 2.78. The van der Waals surface area contributed by atoms with E-state index in [9.17, 15) is 4.79 Å². The second-order valence-corrected chi connectivity index (χ2v) is 5.66. The molecule has 1 saturated carbocycles. The molecule has 7 nitrogen and oxygen atoms in total. The van der Waals surface area contributed by atoms with Crippen LogP contribution in [0.5, 0.6) is 0 Å². The molecule has 1 aliphatic rings. The Balaban J connectivity index is 1.50. The first-order valence-corrected chi connectivity index (χ1v) is 7.38. The van der Waals surface area contributed by atoms with Gasteiger partial charge in [-0.05, 0) is 36.3 Å². The van der Waals surface area contributed by atoms with Crippen LogP contribution >= 0.6 is 0 Å². The van der Waals surface area contributed by atoms with Gasteiger partial charge in [0, 0.05) is 11.7 Å². The summed E-state index contributed by atoms with van der Waals surface area (Å²) >= 11 is 0. The lowest BCUT2D eigenvalue weighted by atomic mass is 10.1. The van der Waals surface area contributed by atoms with E-state index < -0.39 is 0 Å². The molecule has 0 aliphatic heterocycles. The summed E-state index contributed by atoms with van der Waals surface area (Å²) in [5.41, 5.74) is 1.06. The third kappa shape index (κ3) is 2.45. The number of nitrogens with one attached hydrogen (secondary N) is 2. The van der Waals surface area contributed by atoms with E-state index in [-0.39, 0.29) is 18.5 Å². The molecular formula is C15H16N6O. The summed E-state index contributed by atoms with van der Waals surface area (Å²) in [6.07, 6.45) is 4.11. The van der Waals surface area contributed by atoms with Gasteiger partial charge >= 0.3 is 0 Å². The Morgan fingerprint density at radius 1 is 1.36 bits per heavy atom. The van der Waals surface area contributed by atoms with Gasteiger partial charge in [0.15, 0.2) is 5.82 Å². The monoisotopic (exact) mass is 296 g/mol. The molecule has 4 rings (SSSR count). The van der Waals surface area contributed by atoms with Gasteiger partial charge in [-0.25, -0.2) is 0 Å². The molecule has 0 bridgehead atoms. The number of rotatable bonds is 5. The first kappa shape index (κ1) is 13.0. The summed E-state index contributed by atoms with van der Waals surface area (Å²) in [7, 11) is 0. The van der Waals surface area contributed by atoms with Crippen LogP contribution in [0.1, 0.15) is 24.7 Å². The third-order valence-corrected chi connectivity index (χ3v) is 4.04. The summed E-state index contributed by atoms with van der Waals surface area (Å²) in [6.45, 7) is 0.286. The van der Waals surface area contributed by atoms with Crippen LogP contribution in [0, 0.1) is 5.92 Å². The molecule has 0 saturated heterocycles. The minimum Gasteiger partial charge on any atom is -0.344 e. The average molecular weight is 296 g/mol. The molecule has 22 heavy (non-hydrogen) atoms. The van der Waals surface area contributed by atoms with Crippen molar-refractivity contribution in [2.24, 2.45) is 5.92 Å². The quantitative estimate of drug-likeness (QED) is 0.745. The Bertz CT molecular complexity index is 789. The van der Waals surface area contributed by atoms with Crippen molar-refractivity contribution < 1.29 is 4.79 Å². The largest absolute Gasteiger partial charge is 0.344 e. The highest BCUT2D eigenvalue weighted by Crippen LogP contribution is 2.39. The van der Waals surface area contributed by atoms with Gasteiger partial charge in [-0.2, -0.15) is 5.21 Å². The molecule has 2 aromatic heterocycles.